The molecule has 0 heterocycles. The maximum absolute atomic E-state index is 12.8. The van der Waals surface area contributed by atoms with E-state index in [2.05, 4.69) is 26.0 Å². The summed E-state index contributed by atoms with van der Waals surface area (Å²) in [5, 5.41) is 50.1. The van der Waals surface area contributed by atoms with Crippen molar-refractivity contribution in [2.45, 2.75) is 230 Å². The number of hydrogen-bond donors (Lipinski definition) is 6. The van der Waals surface area contributed by atoms with Crippen LogP contribution in [0.1, 0.15) is 187 Å². The molecule has 0 aromatic carbocycles. The van der Waals surface area contributed by atoms with Gasteiger partial charge in [0.1, 0.15) is 43.2 Å². The van der Waals surface area contributed by atoms with E-state index < -0.39 is 75.7 Å². The number of ether oxygens (including phenoxy) is 2. The molecular weight excluding hydrogens is 767 g/mol. The minimum Gasteiger partial charge on any atom is -0.462 e. The molecule has 14 heteroatoms. The fraction of sp³-hybridized carbons (Fsp3) is 0.864. The van der Waals surface area contributed by atoms with Crippen LogP contribution in [0.2, 0.25) is 0 Å². The van der Waals surface area contributed by atoms with Crippen LogP contribution in [-0.4, -0.2) is 98.3 Å². The van der Waals surface area contributed by atoms with Crippen LogP contribution in [0, 0.1) is 0 Å². The van der Waals surface area contributed by atoms with Gasteiger partial charge in [0.15, 0.2) is 6.10 Å². The SMILES string of the molecule is CCCCCCC/C=C/CCCCCCCC(=O)OC[C@H](COP(=O)(O)OC1C(O)C(O)C(O)[C@H](O)C1O)OC(=O)CC/C=C/CCCCCCCCCCCCC. The predicted molar refractivity (Wildman–Crippen MR) is 226 cm³/mol. The van der Waals surface area contributed by atoms with Gasteiger partial charge in [0.25, 0.3) is 0 Å². The van der Waals surface area contributed by atoms with E-state index >= 15 is 0 Å². The third-order valence-corrected chi connectivity index (χ3v) is 11.5. The Balaban J connectivity index is 2.50. The van der Waals surface area contributed by atoms with Crippen LogP contribution in [0.25, 0.3) is 0 Å². The second kappa shape index (κ2) is 35.0. The molecule has 1 aliphatic rings. The molecule has 6 N–H and O–H groups in total. The molecule has 0 aromatic rings. The Labute approximate surface area is 349 Å². The van der Waals surface area contributed by atoms with Crippen LogP contribution in [-0.2, 0) is 32.7 Å². The molecule has 1 aliphatic carbocycles. The van der Waals surface area contributed by atoms with E-state index in [0.29, 0.717) is 12.8 Å². The van der Waals surface area contributed by atoms with Gasteiger partial charge in [0, 0.05) is 12.8 Å². The second-order valence-electron chi connectivity index (χ2n) is 15.9. The zero-order valence-electron chi connectivity index (χ0n) is 35.8. The van der Waals surface area contributed by atoms with E-state index in [1.807, 2.05) is 12.2 Å². The number of aliphatic hydroxyl groups excluding tert-OH is 5. The van der Waals surface area contributed by atoms with E-state index in [0.717, 1.165) is 51.4 Å². The van der Waals surface area contributed by atoms with Gasteiger partial charge in [-0.25, -0.2) is 4.57 Å². The molecule has 8 atom stereocenters. The maximum atomic E-state index is 12.8. The Bertz CT molecular complexity index is 1120. The van der Waals surface area contributed by atoms with Gasteiger partial charge >= 0.3 is 19.8 Å². The molecule has 6 unspecified atom stereocenters. The Kier molecular flexibility index (Phi) is 32.8. The molecular formula is C44H81O13P. The zero-order chi connectivity index (χ0) is 42.9. The molecule has 1 fully saturated rings. The molecule has 58 heavy (non-hydrogen) atoms. The van der Waals surface area contributed by atoms with Gasteiger partial charge < -0.3 is 39.9 Å². The Morgan fingerprint density at radius 3 is 1.38 bits per heavy atom. The first-order chi connectivity index (χ1) is 27.9. The van der Waals surface area contributed by atoms with E-state index in [9.17, 15) is 44.6 Å². The van der Waals surface area contributed by atoms with Gasteiger partial charge in [-0.15, -0.1) is 0 Å². The standard InChI is InChI=1S/C44H81O13P/c1-3-5-7-9-11-13-15-17-19-21-23-25-27-29-31-33-38(46)56-36(35-55-58(52,53)57-44-42(50)40(48)39(47)41(49)43(44)51)34-54-37(45)32-30-28-26-24-22-20-18-16-14-12-10-8-6-4-2/h16,18,27,29,36,39-44,47-51H,3-15,17,19-26,28,30-35H2,1-2H3,(H,52,53)/b18-16+,29-27+/t36-,39?,40+,41?,42?,43?,44?/m1/s1. The fourth-order valence-corrected chi connectivity index (χ4v) is 7.80. The number of phosphoric ester groups is 1. The topological polar surface area (TPSA) is 210 Å². The number of unbranched alkanes of at least 4 members (excludes halogenated alkanes) is 21. The fourth-order valence-electron chi connectivity index (χ4n) is 6.83. The van der Waals surface area contributed by atoms with Gasteiger partial charge in [-0.1, -0.05) is 147 Å². The summed E-state index contributed by atoms with van der Waals surface area (Å²) in [5.74, 6) is -1.16. The first-order valence-corrected chi connectivity index (χ1v) is 24.1. The normalized spacial score (nSPS) is 22.7. The van der Waals surface area contributed by atoms with Gasteiger partial charge in [-0.2, -0.15) is 0 Å². The van der Waals surface area contributed by atoms with Gasteiger partial charge in [-0.3, -0.25) is 18.6 Å². The molecule has 0 radical (unpaired) electrons. The summed E-state index contributed by atoms with van der Waals surface area (Å²) in [6.07, 6.45) is 23.9. The molecule has 0 aromatic heterocycles. The second-order valence-corrected chi connectivity index (χ2v) is 17.3. The van der Waals surface area contributed by atoms with Gasteiger partial charge in [-0.05, 0) is 51.4 Å². The van der Waals surface area contributed by atoms with E-state index in [-0.39, 0.29) is 12.8 Å². The average Bonchev–Trinajstić information content (AvgIpc) is 3.20. The molecule has 0 spiro atoms. The van der Waals surface area contributed by atoms with E-state index in [1.165, 1.54) is 96.3 Å². The quantitative estimate of drug-likeness (QED) is 0.0150. The summed E-state index contributed by atoms with van der Waals surface area (Å²) in [7, 11) is -5.12. The molecule has 0 bridgehead atoms. The van der Waals surface area contributed by atoms with Crippen molar-refractivity contribution >= 4 is 19.8 Å². The molecule has 13 nitrogen and oxygen atoms in total. The molecule has 0 aliphatic heterocycles. The highest BCUT2D eigenvalue weighted by atomic mass is 31.2. The summed E-state index contributed by atoms with van der Waals surface area (Å²) in [4.78, 5) is 35.6. The zero-order valence-corrected chi connectivity index (χ0v) is 36.7. The highest BCUT2D eigenvalue weighted by molar-refractivity contribution is 7.47. The molecule has 1 saturated carbocycles. The predicted octanol–water partition coefficient (Wildman–Crippen LogP) is 8.45. The highest BCUT2D eigenvalue weighted by Gasteiger charge is 2.51. The third kappa shape index (κ3) is 27.2. The molecule has 1 rings (SSSR count). The monoisotopic (exact) mass is 849 g/mol. The van der Waals surface area contributed by atoms with Crippen LogP contribution in [0.15, 0.2) is 24.3 Å². The van der Waals surface area contributed by atoms with Crippen LogP contribution >= 0.6 is 7.82 Å². The lowest BCUT2D eigenvalue weighted by molar-refractivity contribution is -0.220. The number of phosphoric acid groups is 1. The minimum atomic E-state index is -5.12. The maximum Gasteiger partial charge on any atom is 0.472 e. The van der Waals surface area contributed by atoms with Gasteiger partial charge in [0.05, 0.1) is 6.61 Å². The first kappa shape index (κ1) is 54.3. The lowest BCUT2D eigenvalue weighted by Gasteiger charge is -2.41. The van der Waals surface area contributed by atoms with Crippen LogP contribution in [0.4, 0.5) is 0 Å². The van der Waals surface area contributed by atoms with Gasteiger partial charge in [0.2, 0.25) is 0 Å². The summed E-state index contributed by atoms with van der Waals surface area (Å²) in [5.41, 5.74) is 0. The number of esters is 2. The van der Waals surface area contributed by atoms with E-state index in [1.54, 1.807) is 0 Å². The number of hydrogen-bond acceptors (Lipinski definition) is 12. The van der Waals surface area contributed by atoms with Crippen molar-refractivity contribution in [1.29, 1.82) is 0 Å². The van der Waals surface area contributed by atoms with Crippen molar-refractivity contribution in [1.82, 2.24) is 0 Å². The van der Waals surface area contributed by atoms with Crippen molar-refractivity contribution in [2.75, 3.05) is 13.2 Å². The highest BCUT2D eigenvalue weighted by Crippen LogP contribution is 2.47. The van der Waals surface area contributed by atoms with Crippen LogP contribution in [0.5, 0.6) is 0 Å². The molecule has 0 saturated heterocycles. The smallest absolute Gasteiger partial charge is 0.462 e. The van der Waals surface area contributed by atoms with Crippen molar-refractivity contribution in [3.8, 4) is 0 Å². The number of aliphatic hydroxyl groups is 5. The number of carbonyl (C=O) groups is 2. The van der Waals surface area contributed by atoms with Crippen molar-refractivity contribution in [3.05, 3.63) is 24.3 Å². The Morgan fingerprint density at radius 1 is 0.517 bits per heavy atom. The lowest BCUT2D eigenvalue weighted by atomic mass is 9.85. The van der Waals surface area contributed by atoms with E-state index in [4.69, 9.17) is 18.5 Å². The summed E-state index contributed by atoms with van der Waals surface area (Å²) in [6, 6.07) is 0. The number of carbonyl (C=O) groups excluding carboxylic acids is 2. The van der Waals surface area contributed by atoms with Crippen LogP contribution < -0.4 is 0 Å². The Hall–Kier alpha value is -1.67. The Morgan fingerprint density at radius 2 is 0.914 bits per heavy atom. The van der Waals surface area contributed by atoms with Crippen molar-refractivity contribution < 1.29 is 63.1 Å². The average molecular weight is 849 g/mol. The minimum absolute atomic E-state index is 0.0138. The largest absolute Gasteiger partial charge is 0.472 e. The van der Waals surface area contributed by atoms with Crippen molar-refractivity contribution in [2.24, 2.45) is 0 Å². The van der Waals surface area contributed by atoms with Crippen LogP contribution in [0.3, 0.4) is 0 Å². The number of allylic oxidation sites excluding steroid dienone is 4. The summed E-state index contributed by atoms with van der Waals surface area (Å²) >= 11 is 0. The summed E-state index contributed by atoms with van der Waals surface area (Å²) < 4.78 is 33.4. The van der Waals surface area contributed by atoms with Crippen molar-refractivity contribution in [3.63, 3.8) is 0 Å². The molecule has 340 valence electrons. The first-order valence-electron chi connectivity index (χ1n) is 22.6. The summed E-state index contributed by atoms with van der Waals surface area (Å²) in [6.45, 7) is 3.25. The lowest BCUT2D eigenvalue weighted by Crippen LogP contribution is -2.64. The molecule has 0 amide bonds. The number of rotatable bonds is 37. The third-order valence-electron chi connectivity index (χ3n) is 10.5.